The highest BCUT2D eigenvalue weighted by Gasteiger charge is 2.56. The van der Waals surface area contributed by atoms with E-state index in [1.54, 1.807) is 13.2 Å². The number of carbonyl (C=O) groups is 1. The topological polar surface area (TPSA) is 48.0 Å². The molecule has 1 aliphatic heterocycles. The Kier molecular flexibility index (Phi) is 8.19. The van der Waals surface area contributed by atoms with Gasteiger partial charge in [0.1, 0.15) is 6.61 Å². The first-order chi connectivity index (χ1) is 13.3. The van der Waals surface area contributed by atoms with E-state index in [-0.39, 0.29) is 30.3 Å². The molecule has 2 rings (SSSR count). The summed E-state index contributed by atoms with van der Waals surface area (Å²) in [4.78, 5) is 14.5. The molecule has 1 amide bonds. The summed E-state index contributed by atoms with van der Waals surface area (Å²) in [6.45, 7) is 13.4. The summed E-state index contributed by atoms with van der Waals surface area (Å²) in [5, 5.41) is 0. The van der Waals surface area contributed by atoms with E-state index in [0.29, 0.717) is 13.0 Å². The summed E-state index contributed by atoms with van der Waals surface area (Å²) in [5.74, 6) is 1.29. The molecule has 5 nitrogen and oxygen atoms in total. The summed E-state index contributed by atoms with van der Waals surface area (Å²) in [7, 11) is 0.0706. The van der Waals surface area contributed by atoms with Crippen LogP contribution in [0.25, 0.3) is 0 Å². The molecule has 1 fully saturated rings. The maximum absolute atomic E-state index is 12.7. The number of nitrogens with zero attached hydrogens (tertiary/aromatic N) is 1. The van der Waals surface area contributed by atoms with Crippen LogP contribution in [0, 0.1) is 5.92 Å². The fraction of sp³-hybridized carbons (Fsp3) is 0.773. The number of rotatable bonds is 10. The smallest absolute Gasteiger partial charge is 0.410 e. The van der Waals surface area contributed by atoms with Gasteiger partial charge in [0, 0.05) is 26.0 Å². The van der Waals surface area contributed by atoms with E-state index < -0.39 is 8.32 Å². The Morgan fingerprint density at radius 3 is 2.71 bits per heavy atom. The lowest BCUT2D eigenvalue weighted by Gasteiger charge is -2.45. The molecule has 0 aromatic heterocycles. The molecule has 0 aromatic rings. The van der Waals surface area contributed by atoms with Crippen molar-refractivity contribution in [1.29, 1.82) is 0 Å². The number of hydrogen-bond donors (Lipinski definition) is 0. The van der Waals surface area contributed by atoms with E-state index >= 15 is 0 Å². The highest BCUT2D eigenvalue weighted by molar-refractivity contribution is 6.70. The van der Waals surface area contributed by atoms with Crippen molar-refractivity contribution in [2.45, 2.75) is 83.2 Å². The summed E-state index contributed by atoms with van der Waals surface area (Å²) >= 11 is 0. The zero-order valence-electron chi connectivity index (χ0n) is 18.5. The fourth-order valence-electron chi connectivity index (χ4n) is 4.63. The van der Waals surface area contributed by atoms with Gasteiger partial charge in [-0.05, 0) is 38.6 Å². The van der Waals surface area contributed by atoms with Gasteiger partial charge in [0.25, 0.3) is 0 Å². The number of fused-ring (bicyclic) bond motifs is 1. The Hall–Kier alpha value is -1.27. The minimum absolute atomic E-state index is 0.0395. The van der Waals surface area contributed by atoms with E-state index in [9.17, 15) is 4.79 Å². The zero-order chi connectivity index (χ0) is 20.8. The number of amides is 1. The van der Waals surface area contributed by atoms with Gasteiger partial charge in [0.05, 0.1) is 17.4 Å². The molecule has 3 atom stereocenters. The van der Waals surface area contributed by atoms with Crippen molar-refractivity contribution < 1.29 is 18.7 Å². The second kappa shape index (κ2) is 9.97. The van der Waals surface area contributed by atoms with Crippen LogP contribution in [0.15, 0.2) is 24.5 Å². The van der Waals surface area contributed by atoms with Gasteiger partial charge in [-0.3, -0.25) is 0 Å². The molecule has 0 bridgehead atoms. The quantitative estimate of drug-likeness (QED) is 0.272. The predicted molar refractivity (Wildman–Crippen MR) is 116 cm³/mol. The molecule has 1 saturated heterocycles. The average Bonchev–Trinajstić information content (AvgIpc) is 3.01. The van der Waals surface area contributed by atoms with Gasteiger partial charge in [0.2, 0.25) is 8.32 Å². The van der Waals surface area contributed by atoms with Crippen molar-refractivity contribution in [3.8, 4) is 0 Å². The Labute approximate surface area is 172 Å². The van der Waals surface area contributed by atoms with Crippen molar-refractivity contribution in [1.82, 2.24) is 4.90 Å². The SMILES string of the molecule is C=CCOC(=O)N1CC[C@@]2(OC)[C@H](CCCCCC)C=C(O[Si](C)(C)C)C[C@@H]12. The van der Waals surface area contributed by atoms with Gasteiger partial charge < -0.3 is 18.8 Å². The van der Waals surface area contributed by atoms with Crippen LogP contribution in [0.2, 0.25) is 19.6 Å². The Morgan fingerprint density at radius 1 is 1.36 bits per heavy atom. The number of likely N-dealkylation sites (tertiary alicyclic amines) is 1. The molecular weight excluding hydrogens is 370 g/mol. The van der Waals surface area contributed by atoms with Gasteiger partial charge in [-0.2, -0.15) is 0 Å². The van der Waals surface area contributed by atoms with E-state index in [1.165, 1.54) is 25.7 Å². The number of carbonyl (C=O) groups excluding carboxylic acids is 1. The summed E-state index contributed by atoms with van der Waals surface area (Å²) < 4.78 is 17.9. The summed E-state index contributed by atoms with van der Waals surface area (Å²) in [6.07, 6.45) is 11.1. The minimum Gasteiger partial charge on any atom is -0.547 e. The first-order valence-electron chi connectivity index (χ1n) is 10.8. The number of ether oxygens (including phenoxy) is 2. The predicted octanol–water partition coefficient (Wildman–Crippen LogP) is 5.49. The number of unbranched alkanes of at least 4 members (excludes halogenated alkanes) is 3. The molecule has 1 aliphatic carbocycles. The molecule has 6 heteroatoms. The minimum atomic E-state index is -1.72. The Balaban J connectivity index is 2.26. The number of hydrogen-bond acceptors (Lipinski definition) is 4. The maximum atomic E-state index is 12.7. The normalized spacial score (nSPS) is 27.2. The lowest BCUT2D eigenvalue weighted by molar-refractivity contribution is -0.0775. The summed E-state index contributed by atoms with van der Waals surface area (Å²) in [6, 6.07) is -0.0395. The second-order valence-corrected chi connectivity index (χ2v) is 13.4. The van der Waals surface area contributed by atoms with E-state index in [4.69, 9.17) is 13.9 Å². The fourth-order valence-corrected chi connectivity index (χ4v) is 5.57. The Morgan fingerprint density at radius 2 is 2.11 bits per heavy atom. The van der Waals surface area contributed by atoms with Crippen molar-refractivity contribution in [3.63, 3.8) is 0 Å². The largest absolute Gasteiger partial charge is 0.547 e. The second-order valence-electron chi connectivity index (χ2n) is 8.99. The van der Waals surface area contributed by atoms with Crippen molar-refractivity contribution >= 4 is 14.4 Å². The van der Waals surface area contributed by atoms with Crippen LogP contribution in [0.5, 0.6) is 0 Å². The van der Waals surface area contributed by atoms with Gasteiger partial charge in [-0.15, -0.1) is 0 Å². The third-order valence-corrected chi connectivity index (χ3v) is 6.71. The van der Waals surface area contributed by atoms with Crippen LogP contribution < -0.4 is 0 Å². The molecule has 0 N–H and O–H groups in total. The van der Waals surface area contributed by atoms with Crippen molar-refractivity contribution in [3.05, 3.63) is 24.5 Å². The van der Waals surface area contributed by atoms with Crippen LogP contribution in [-0.2, 0) is 13.9 Å². The van der Waals surface area contributed by atoms with Gasteiger partial charge in [0.15, 0.2) is 0 Å². The average molecular weight is 410 g/mol. The van der Waals surface area contributed by atoms with Crippen LogP contribution in [-0.4, -0.2) is 51.2 Å². The molecule has 0 aromatic carbocycles. The van der Waals surface area contributed by atoms with Crippen LogP contribution in [0.3, 0.4) is 0 Å². The van der Waals surface area contributed by atoms with Crippen molar-refractivity contribution in [2.24, 2.45) is 5.92 Å². The first kappa shape index (κ1) is 23.0. The van der Waals surface area contributed by atoms with E-state index in [2.05, 4.69) is 39.2 Å². The van der Waals surface area contributed by atoms with Gasteiger partial charge >= 0.3 is 6.09 Å². The Bertz CT molecular complexity index is 571. The lowest BCUT2D eigenvalue weighted by atomic mass is 9.73. The van der Waals surface area contributed by atoms with Crippen LogP contribution >= 0.6 is 0 Å². The molecule has 2 aliphatic rings. The molecule has 28 heavy (non-hydrogen) atoms. The standard InChI is InChI=1S/C22H39NO4Si/c1-7-9-10-11-12-18-16-19(27-28(4,5)6)17-20-22(18,25-3)13-14-23(20)21(24)26-15-8-2/h8,16,18,20H,2,7,9-15,17H2,1,3-6H3/t18-,20-,22-/m1/s1. The third-order valence-electron chi connectivity index (χ3n) is 5.84. The first-order valence-corrected chi connectivity index (χ1v) is 14.2. The molecule has 0 spiro atoms. The molecular formula is C22H39NO4Si. The molecule has 1 heterocycles. The third kappa shape index (κ3) is 5.41. The maximum Gasteiger partial charge on any atom is 0.410 e. The zero-order valence-corrected chi connectivity index (χ0v) is 19.5. The van der Waals surface area contributed by atoms with Crippen LogP contribution in [0.4, 0.5) is 4.79 Å². The lowest BCUT2D eigenvalue weighted by Crippen LogP contribution is -2.54. The van der Waals surface area contributed by atoms with Gasteiger partial charge in [-0.1, -0.05) is 45.3 Å². The number of methoxy groups -OCH3 is 1. The molecule has 160 valence electrons. The molecule has 0 saturated carbocycles. The van der Waals surface area contributed by atoms with Crippen LogP contribution in [0.1, 0.15) is 51.9 Å². The van der Waals surface area contributed by atoms with Crippen molar-refractivity contribution in [2.75, 3.05) is 20.3 Å². The summed E-state index contributed by atoms with van der Waals surface area (Å²) in [5.41, 5.74) is -0.342. The van der Waals surface area contributed by atoms with E-state index in [0.717, 1.165) is 18.6 Å². The van der Waals surface area contributed by atoms with E-state index in [1.807, 2.05) is 4.90 Å². The van der Waals surface area contributed by atoms with Gasteiger partial charge in [-0.25, -0.2) is 4.79 Å². The monoisotopic (exact) mass is 409 g/mol. The highest BCUT2D eigenvalue weighted by atomic mass is 28.4. The molecule has 0 unspecified atom stereocenters. The molecule has 0 radical (unpaired) electrons. The highest BCUT2D eigenvalue weighted by Crippen LogP contribution is 2.47.